The van der Waals surface area contributed by atoms with Crippen LogP contribution in [0.1, 0.15) is 25.0 Å². The first-order valence-corrected chi connectivity index (χ1v) is 7.80. The third kappa shape index (κ3) is 5.90. The predicted octanol–water partition coefficient (Wildman–Crippen LogP) is 0.826. The summed E-state index contributed by atoms with van der Waals surface area (Å²) in [4.78, 5) is 4.10. The summed E-state index contributed by atoms with van der Waals surface area (Å²) in [7, 11) is 0. The second kappa shape index (κ2) is 10.3. The topological polar surface area (TPSA) is 43.4 Å². The Bertz CT molecular complexity index is 595. The fourth-order valence-corrected chi connectivity index (χ4v) is 2.41. The Morgan fingerprint density at radius 1 is 1.09 bits per heavy atom. The molecule has 0 aliphatic carbocycles. The number of ether oxygens (including phenoxy) is 2. The molecule has 0 atom stereocenters. The van der Waals surface area contributed by atoms with Crippen molar-refractivity contribution in [2.24, 2.45) is 0 Å². The van der Waals surface area contributed by atoms with Crippen LogP contribution in [0.25, 0.3) is 0 Å². The molecule has 23 heavy (non-hydrogen) atoms. The van der Waals surface area contributed by atoms with Crippen LogP contribution in [0.15, 0.2) is 36.7 Å². The van der Waals surface area contributed by atoms with Gasteiger partial charge in [-0.25, -0.2) is 0 Å². The summed E-state index contributed by atoms with van der Waals surface area (Å²) in [6.07, 6.45) is 3.62. The summed E-state index contributed by atoms with van der Waals surface area (Å²) in [6.45, 7) is 6.44. The molecular weight excluding hydrogens is 335 g/mol. The average Bonchev–Trinajstić information content (AvgIpc) is 2.52. The van der Waals surface area contributed by atoms with Gasteiger partial charge in [-0.15, -0.1) is 0 Å². The van der Waals surface area contributed by atoms with E-state index in [0.29, 0.717) is 36.3 Å². The summed E-state index contributed by atoms with van der Waals surface area (Å²) in [5.41, 5.74) is 2.20. The van der Waals surface area contributed by atoms with Crippen molar-refractivity contribution < 1.29 is 21.9 Å². The molecule has 126 valence electrons. The van der Waals surface area contributed by atoms with Crippen LogP contribution in [-0.4, -0.2) is 18.2 Å². The Kier molecular flexibility index (Phi) is 8.77. The van der Waals surface area contributed by atoms with Gasteiger partial charge in [-0.05, 0) is 43.2 Å². The third-order valence-electron chi connectivity index (χ3n) is 3.04. The van der Waals surface area contributed by atoms with Crippen molar-refractivity contribution in [1.82, 2.24) is 10.3 Å². The highest BCUT2D eigenvalue weighted by Gasteiger charge is 2.12. The molecule has 0 aliphatic rings. The van der Waals surface area contributed by atoms with Crippen LogP contribution in [0.3, 0.4) is 0 Å². The Hall–Kier alpha value is -1.49. The number of pyridine rings is 1. The van der Waals surface area contributed by atoms with Gasteiger partial charge < -0.3 is 27.2 Å². The van der Waals surface area contributed by atoms with Crippen molar-refractivity contribution in [3.8, 4) is 11.5 Å². The van der Waals surface area contributed by atoms with Crippen molar-refractivity contribution in [3.63, 3.8) is 0 Å². The number of rotatable bonds is 8. The molecule has 4 nitrogen and oxygen atoms in total. The van der Waals surface area contributed by atoms with Gasteiger partial charge in [-0.2, -0.15) is 0 Å². The van der Waals surface area contributed by atoms with Crippen LogP contribution in [0, 0.1) is 0 Å². The van der Waals surface area contributed by atoms with Crippen LogP contribution in [0.4, 0.5) is 0 Å². The standard InChI is InChI=1S/C17H21ClN2O2.ClH/c1-3-21-16-9-14(8-15(18)17(16)22-4-2)12-20-11-13-6-5-7-19-10-13;/h5-10,20H,3-4,11-12H2,1-2H3;1H/p-1. The van der Waals surface area contributed by atoms with Gasteiger partial charge in [0.1, 0.15) is 0 Å². The van der Waals surface area contributed by atoms with Gasteiger partial charge in [0, 0.05) is 25.5 Å². The minimum atomic E-state index is 0. The Morgan fingerprint density at radius 3 is 2.48 bits per heavy atom. The molecule has 1 N–H and O–H groups in total. The van der Waals surface area contributed by atoms with Gasteiger partial charge >= 0.3 is 0 Å². The van der Waals surface area contributed by atoms with Crippen LogP contribution in [0.2, 0.25) is 5.02 Å². The van der Waals surface area contributed by atoms with Crippen molar-refractivity contribution in [2.45, 2.75) is 26.9 Å². The van der Waals surface area contributed by atoms with E-state index in [-0.39, 0.29) is 12.4 Å². The first-order valence-electron chi connectivity index (χ1n) is 7.42. The quantitative estimate of drug-likeness (QED) is 0.761. The lowest BCUT2D eigenvalue weighted by Crippen LogP contribution is -3.00. The van der Waals surface area contributed by atoms with Gasteiger partial charge in [0.2, 0.25) is 0 Å². The highest BCUT2D eigenvalue weighted by molar-refractivity contribution is 6.32. The lowest BCUT2D eigenvalue weighted by molar-refractivity contribution is -0.00000547. The van der Waals surface area contributed by atoms with E-state index in [9.17, 15) is 0 Å². The number of aromatic nitrogens is 1. The minimum Gasteiger partial charge on any atom is -1.00 e. The summed E-state index contributed by atoms with van der Waals surface area (Å²) in [5.74, 6) is 1.30. The lowest BCUT2D eigenvalue weighted by atomic mass is 10.2. The zero-order valence-corrected chi connectivity index (χ0v) is 14.8. The number of nitrogens with zero attached hydrogens (tertiary/aromatic N) is 1. The van der Waals surface area contributed by atoms with Crippen LogP contribution in [-0.2, 0) is 13.1 Å². The van der Waals surface area contributed by atoms with Crippen LogP contribution in [0.5, 0.6) is 11.5 Å². The van der Waals surface area contributed by atoms with E-state index >= 15 is 0 Å². The maximum atomic E-state index is 6.30. The largest absolute Gasteiger partial charge is 1.00 e. The molecule has 0 radical (unpaired) electrons. The molecule has 0 saturated carbocycles. The van der Waals surface area contributed by atoms with E-state index < -0.39 is 0 Å². The zero-order chi connectivity index (χ0) is 15.8. The van der Waals surface area contributed by atoms with Gasteiger partial charge in [0.15, 0.2) is 11.5 Å². The summed E-state index contributed by atoms with van der Waals surface area (Å²) in [6, 6.07) is 7.84. The fourth-order valence-electron chi connectivity index (χ4n) is 2.12. The van der Waals surface area contributed by atoms with E-state index in [1.54, 1.807) is 6.20 Å². The van der Waals surface area contributed by atoms with Crippen molar-refractivity contribution >= 4 is 11.6 Å². The van der Waals surface area contributed by atoms with E-state index in [1.165, 1.54) is 0 Å². The third-order valence-corrected chi connectivity index (χ3v) is 3.32. The SMILES string of the molecule is CCOc1cc(CNCc2cccnc2)cc(Cl)c1OCC.[Cl-]. The number of hydrogen-bond donors (Lipinski definition) is 1. The van der Waals surface area contributed by atoms with Crippen LogP contribution >= 0.6 is 11.6 Å². The fraction of sp³-hybridized carbons (Fsp3) is 0.353. The second-order valence-electron chi connectivity index (χ2n) is 4.74. The smallest absolute Gasteiger partial charge is 0.179 e. The first-order chi connectivity index (χ1) is 10.7. The van der Waals surface area contributed by atoms with Crippen molar-refractivity contribution in [2.75, 3.05) is 13.2 Å². The zero-order valence-electron chi connectivity index (χ0n) is 13.3. The Morgan fingerprint density at radius 2 is 1.83 bits per heavy atom. The minimum absolute atomic E-state index is 0. The number of benzene rings is 1. The monoisotopic (exact) mass is 355 g/mol. The van der Waals surface area contributed by atoms with E-state index in [1.807, 2.05) is 44.3 Å². The van der Waals surface area contributed by atoms with Crippen molar-refractivity contribution in [3.05, 3.63) is 52.8 Å². The number of nitrogens with one attached hydrogen (secondary N) is 1. The second-order valence-corrected chi connectivity index (χ2v) is 5.14. The molecule has 2 rings (SSSR count). The predicted molar refractivity (Wildman–Crippen MR) is 88.6 cm³/mol. The van der Waals surface area contributed by atoms with Crippen molar-refractivity contribution in [1.29, 1.82) is 0 Å². The normalized spacial score (nSPS) is 10.0. The molecule has 0 unspecified atom stereocenters. The Balaban J connectivity index is 0.00000264. The summed E-state index contributed by atoms with van der Waals surface area (Å²) in [5, 5.41) is 3.95. The van der Waals surface area contributed by atoms with Gasteiger partial charge in [0.05, 0.1) is 18.2 Å². The molecule has 1 heterocycles. The highest BCUT2D eigenvalue weighted by Crippen LogP contribution is 2.36. The van der Waals surface area contributed by atoms with Gasteiger partial charge in [-0.1, -0.05) is 17.7 Å². The molecule has 0 saturated heterocycles. The summed E-state index contributed by atoms with van der Waals surface area (Å²) >= 11 is 6.30. The molecule has 0 aliphatic heterocycles. The number of halogens is 2. The number of hydrogen-bond acceptors (Lipinski definition) is 4. The molecular formula is C17H21Cl2N2O2-. The van der Waals surface area contributed by atoms with Gasteiger partial charge in [0.25, 0.3) is 0 Å². The first kappa shape index (κ1) is 19.6. The van der Waals surface area contributed by atoms with E-state index in [0.717, 1.165) is 17.7 Å². The molecule has 0 spiro atoms. The van der Waals surface area contributed by atoms with E-state index in [4.69, 9.17) is 21.1 Å². The van der Waals surface area contributed by atoms with Gasteiger partial charge in [-0.3, -0.25) is 4.98 Å². The maximum Gasteiger partial charge on any atom is 0.179 e. The molecule has 0 fully saturated rings. The molecule has 6 heteroatoms. The molecule has 2 aromatic rings. The van der Waals surface area contributed by atoms with Crippen LogP contribution < -0.4 is 27.2 Å². The highest BCUT2D eigenvalue weighted by atomic mass is 35.5. The van der Waals surface area contributed by atoms with E-state index in [2.05, 4.69) is 10.3 Å². The molecule has 1 aromatic carbocycles. The Labute approximate surface area is 148 Å². The average molecular weight is 356 g/mol. The molecule has 1 aromatic heterocycles. The molecule has 0 bridgehead atoms. The summed E-state index contributed by atoms with van der Waals surface area (Å²) < 4.78 is 11.2. The maximum absolute atomic E-state index is 6.30. The lowest BCUT2D eigenvalue weighted by Gasteiger charge is -2.14. The molecule has 0 amide bonds.